The van der Waals surface area contributed by atoms with Crippen LogP contribution in [0.15, 0.2) is 82.8 Å². The normalized spacial score (nSPS) is 15.3. The van der Waals surface area contributed by atoms with Crippen molar-refractivity contribution in [2.75, 3.05) is 42.3 Å². The molecule has 3 aromatic rings. The molecule has 4 rings (SSSR count). The van der Waals surface area contributed by atoms with Crippen LogP contribution in [0.2, 0.25) is 0 Å². The highest BCUT2D eigenvalue weighted by Gasteiger charge is 2.30. The minimum atomic E-state index is -0.614. The number of carbonyl (C=O) groups is 3. The summed E-state index contributed by atoms with van der Waals surface area (Å²) in [4.78, 5) is 51.7. The summed E-state index contributed by atoms with van der Waals surface area (Å²) in [6.07, 6.45) is 16.4. The number of benzene rings is 3. The highest BCUT2D eigenvalue weighted by Crippen LogP contribution is 2.25. The maximum Gasteiger partial charge on any atom is 0.338 e. The summed E-state index contributed by atoms with van der Waals surface area (Å²) in [5.41, 5.74) is 3.66. The van der Waals surface area contributed by atoms with Crippen LogP contribution in [0, 0.1) is 23.7 Å². The van der Waals surface area contributed by atoms with Crippen molar-refractivity contribution in [3.63, 3.8) is 0 Å². The average molecular weight is 937 g/mol. The second-order valence-electron chi connectivity index (χ2n) is 18.5. The number of rotatable bonds is 31. The molecule has 12 heteroatoms. The van der Waals surface area contributed by atoms with E-state index in [1.165, 1.54) is 0 Å². The van der Waals surface area contributed by atoms with Crippen LogP contribution in [0.1, 0.15) is 189 Å². The van der Waals surface area contributed by atoms with Gasteiger partial charge in [-0.05, 0) is 122 Å². The van der Waals surface area contributed by atoms with E-state index in [0.29, 0.717) is 84.3 Å². The van der Waals surface area contributed by atoms with Gasteiger partial charge in [-0.25, -0.2) is 19.4 Å². The van der Waals surface area contributed by atoms with Crippen LogP contribution >= 0.6 is 0 Å². The summed E-state index contributed by atoms with van der Waals surface area (Å²) in [7, 11) is 0. The van der Waals surface area contributed by atoms with Gasteiger partial charge in [0.1, 0.15) is 0 Å². The smallest absolute Gasteiger partial charge is 0.338 e. The number of hydrogen-bond donors (Lipinski definition) is 3. The van der Waals surface area contributed by atoms with Crippen LogP contribution in [-0.2, 0) is 14.2 Å². The van der Waals surface area contributed by atoms with Gasteiger partial charge >= 0.3 is 17.9 Å². The van der Waals surface area contributed by atoms with E-state index in [9.17, 15) is 14.4 Å². The molecule has 0 amide bonds. The Morgan fingerprint density at radius 3 is 1.22 bits per heavy atom. The first-order chi connectivity index (χ1) is 33.1. The Kier molecular flexibility index (Phi) is 25.1. The minimum Gasteiger partial charge on any atom is -0.462 e. The zero-order valence-corrected chi connectivity index (χ0v) is 42.7. The van der Waals surface area contributed by atoms with Crippen LogP contribution in [0.3, 0.4) is 0 Å². The number of unbranched alkanes of at least 4 members (excludes halogenated alkanes) is 4. The van der Waals surface area contributed by atoms with Crippen molar-refractivity contribution in [3.05, 3.63) is 89.5 Å². The molecule has 0 radical (unpaired) electrons. The number of nitrogens with one attached hydrogen (secondary N) is 3. The van der Waals surface area contributed by atoms with Crippen LogP contribution in [0.4, 0.5) is 17.1 Å². The maximum absolute atomic E-state index is 13.1. The molecule has 1 aliphatic rings. The topological polar surface area (TPSA) is 143 Å². The van der Waals surface area contributed by atoms with Gasteiger partial charge in [0, 0.05) is 23.6 Å². The number of nitrogens with zero attached hydrogens (tertiary/aromatic N) is 3. The predicted molar refractivity (Wildman–Crippen MR) is 280 cm³/mol. The molecule has 0 saturated heterocycles. The summed E-state index contributed by atoms with van der Waals surface area (Å²) in [6.45, 7) is 19.3. The van der Waals surface area contributed by atoms with Crippen LogP contribution in [0.5, 0.6) is 0 Å². The SMILES string of the molecule is CCCCC(CC)COC(=O)c1ccc(NC2=NC(Nc3ccc(C(=O)OCC(CC)CCCC)cc3)N(CC(CC)CCCC)C(Nc3ccc(C(=O)OCC(CC)CCCC)cc3)=N2)cc1. The lowest BCUT2D eigenvalue weighted by atomic mass is 9.99. The second kappa shape index (κ2) is 30.9. The molecule has 5 unspecified atom stereocenters. The highest BCUT2D eigenvalue weighted by molar-refractivity contribution is 6.08. The van der Waals surface area contributed by atoms with Gasteiger partial charge in [-0.1, -0.05) is 132 Å². The average Bonchev–Trinajstić information content (AvgIpc) is 3.36. The monoisotopic (exact) mass is 937 g/mol. The van der Waals surface area contributed by atoms with Crippen molar-refractivity contribution in [1.82, 2.24) is 4.90 Å². The van der Waals surface area contributed by atoms with E-state index in [-0.39, 0.29) is 17.9 Å². The molecule has 0 fully saturated rings. The first-order valence-electron chi connectivity index (χ1n) is 26.1. The van der Waals surface area contributed by atoms with Gasteiger partial charge in [0.05, 0.1) is 36.5 Å². The van der Waals surface area contributed by atoms with Gasteiger partial charge in [-0.15, -0.1) is 0 Å². The Hall–Kier alpha value is -5.39. The van der Waals surface area contributed by atoms with Crippen LogP contribution in [0.25, 0.3) is 0 Å². The van der Waals surface area contributed by atoms with E-state index in [1.54, 1.807) is 36.4 Å². The predicted octanol–water partition coefficient (Wildman–Crippen LogP) is 14.0. The molecule has 5 atom stereocenters. The molecule has 0 aliphatic carbocycles. The van der Waals surface area contributed by atoms with E-state index >= 15 is 0 Å². The molecule has 3 aromatic carbocycles. The summed E-state index contributed by atoms with van der Waals surface area (Å²) < 4.78 is 17.2. The zero-order chi connectivity index (χ0) is 49.1. The highest BCUT2D eigenvalue weighted by atomic mass is 16.5. The quantitative estimate of drug-likeness (QED) is 0.0421. The molecule has 0 spiro atoms. The van der Waals surface area contributed by atoms with Gasteiger partial charge in [0.2, 0.25) is 18.2 Å². The Labute approximate surface area is 408 Å². The van der Waals surface area contributed by atoms with Gasteiger partial charge in [0.25, 0.3) is 0 Å². The van der Waals surface area contributed by atoms with Gasteiger partial charge in [-0.3, -0.25) is 0 Å². The van der Waals surface area contributed by atoms with Crippen molar-refractivity contribution in [2.45, 2.75) is 164 Å². The Bertz CT molecular complexity index is 1990. The number of aliphatic imine (C=N–C) groups is 2. The number of anilines is 3. The van der Waals surface area contributed by atoms with E-state index in [4.69, 9.17) is 24.2 Å². The number of ether oxygens (including phenoxy) is 3. The molecule has 1 heterocycles. The Morgan fingerprint density at radius 2 is 0.853 bits per heavy atom. The minimum absolute atomic E-state index is 0.330. The van der Waals surface area contributed by atoms with Crippen molar-refractivity contribution in [2.24, 2.45) is 33.7 Å². The Balaban J connectivity index is 1.63. The largest absolute Gasteiger partial charge is 0.462 e. The molecule has 0 bridgehead atoms. The molecule has 1 aliphatic heterocycles. The fourth-order valence-electron chi connectivity index (χ4n) is 8.16. The van der Waals surface area contributed by atoms with Crippen molar-refractivity contribution in [1.29, 1.82) is 0 Å². The van der Waals surface area contributed by atoms with Gasteiger partial charge in [-0.2, -0.15) is 4.99 Å². The fourth-order valence-corrected chi connectivity index (χ4v) is 8.16. The van der Waals surface area contributed by atoms with Crippen molar-refractivity contribution in [3.8, 4) is 0 Å². The van der Waals surface area contributed by atoms with E-state index < -0.39 is 6.29 Å². The summed E-state index contributed by atoms with van der Waals surface area (Å²) >= 11 is 0. The van der Waals surface area contributed by atoms with Crippen LogP contribution in [-0.4, -0.2) is 67.4 Å². The first-order valence-corrected chi connectivity index (χ1v) is 26.1. The number of guanidine groups is 2. The van der Waals surface area contributed by atoms with E-state index in [0.717, 1.165) is 114 Å². The number of hydrogen-bond acceptors (Lipinski definition) is 12. The van der Waals surface area contributed by atoms with E-state index in [1.807, 2.05) is 36.4 Å². The van der Waals surface area contributed by atoms with Gasteiger partial charge in [0.15, 0.2) is 0 Å². The number of carbonyl (C=O) groups excluding carboxylic acids is 3. The molecule has 374 valence electrons. The van der Waals surface area contributed by atoms with Crippen molar-refractivity contribution >= 4 is 46.9 Å². The molecule has 0 aromatic heterocycles. The lowest BCUT2D eigenvalue weighted by molar-refractivity contribution is 0.0419. The first kappa shape index (κ1) is 55.2. The third-order valence-electron chi connectivity index (χ3n) is 13.2. The third kappa shape index (κ3) is 18.6. The molecule has 12 nitrogen and oxygen atoms in total. The number of esters is 3. The van der Waals surface area contributed by atoms with E-state index in [2.05, 4.69) is 76.2 Å². The molecule has 68 heavy (non-hydrogen) atoms. The second-order valence-corrected chi connectivity index (χ2v) is 18.5. The molecular formula is C56H84N6O6. The molecular weight excluding hydrogens is 853 g/mol. The zero-order valence-electron chi connectivity index (χ0n) is 42.7. The lowest BCUT2D eigenvalue weighted by Crippen LogP contribution is -2.52. The van der Waals surface area contributed by atoms with Crippen molar-refractivity contribution < 1.29 is 28.6 Å². The summed E-state index contributed by atoms with van der Waals surface area (Å²) in [6, 6.07) is 21.8. The summed E-state index contributed by atoms with van der Waals surface area (Å²) in [5.74, 6) is 1.32. The summed E-state index contributed by atoms with van der Waals surface area (Å²) in [5, 5.41) is 10.6. The third-order valence-corrected chi connectivity index (χ3v) is 13.2. The standard InChI is InChI=1S/C56H84N6O6/c1-9-17-21-41(13-5)37-62-55(58-49-33-27-46(28-34-49)52(64)67-39-43(15-7)23-19-11-3)60-54(57-48-31-25-45(26-32-48)51(63)66-38-42(14-6)22-18-10-2)61-56(62)59-50-35-29-47(30-36-50)53(65)68-40-44(16-8)24-20-12-4/h25-36,41-44,55,58H,9-24,37-40H2,1-8H3,(H2,57,59,60,61). The maximum atomic E-state index is 13.1. The van der Waals surface area contributed by atoms with Gasteiger partial charge < -0.3 is 35.1 Å². The van der Waals surface area contributed by atoms with Crippen LogP contribution < -0.4 is 16.0 Å². The molecule has 3 N–H and O–H groups in total. The molecule has 0 saturated carbocycles. The lowest BCUT2D eigenvalue weighted by Gasteiger charge is -2.38. The fraction of sp³-hybridized carbons (Fsp3) is 0.589. The Morgan fingerprint density at radius 1 is 0.500 bits per heavy atom.